The lowest BCUT2D eigenvalue weighted by molar-refractivity contribution is 0.449. The van der Waals surface area contributed by atoms with Gasteiger partial charge in [0.15, 0.2) is 0 Å². The number of nitrogens with zero attached hydrogens (tertiary/aromatic N) is 1. The van der Waals surface area contributed by atoms with E-state index in [0.717, 1.165) is 11.1 Å². The molecule has 1 rings (SSSR count). The van der Waals surface area contributed by atoms with E-state index in [-0.39, 0.29) is 6.04 Å². The standard InChI is InChI=1S/C12H21N3O2S/c1-10(2)14-18(16,17)15(3)9-12-6-4-11(8-13)5-7-12/h4-7,10,14H,8-9,13H2,1-3H3. The Morgan fingerprint density at radius 3 is 2.17 bits per heavy atom. The lowest BCUT2D eigenvalue weighted by Crippen LogP contribution is -2.41. The van der Waals surface area contributed by atoms with Crippen molar-refractivity contribution in [1.29, 1.82) is 0 Å². The molecule has 18 heavy (non-hydrogen) atoms. The molecule has 1 aromatic rings. The highest BCUT2D eigenvalue weighted by Gasteiger charge is 2.18. The third kappa shape index (κ3) is 4.38. The lowest BCUT2D eigenvalue weighted by Gasteiger charge is -2.19. The van der Waals surface area contributed by atoms with Gasteiger partial charge in [0.1, 0.15) is 0 Å². The maximum Gasteiger partial charge on any atom is 0.279 e. The Morgan fingerprint density at radius 1 is 1.22 bits per heavy atom. The number of hydrogen-bond acceptors (Lipinski definition) is 3. The van der Waals surface area contributed by atoms with E-state index in [1.54, 1.807) is 20.9 Å². The molecule has 0 aliphatic rings. The molecule has 1 aromatic carbocycles. The second-order valence-corrected chi connectivity index (χ2v) is 6.36. The summed E-state index contributed by atoms with van der Waals surface area (Å²) >= 11 is 0. The van der Waals surface area contributed by atoms with Crippen LogP contribution in [0.4, 0.5) is 0 Å². The molecule has 0 aliphatic carbocycles. The average molecular weight is 271 g/mol. The Bertz CT molecular complexity index is 469. The van der Waals surface area contributed by atoms with Crippen LogP contribution in [0.15, 0.2) is 24.3 Å². The Kier molecular flexibility index (Phi) is 5.28. The minimum atomic E-state index is -3.41. The summed E-state index contributed by atoms with van der Waals surface area (Å²) in [5.74, 6) is 0. The molecule has 0 saturated heterocycles. The van der Waals surface area contributed by atoms with E-state index in [0.29, 0.717) is 13.1 Å². The normalized spacial score (nSPS) is 12.3. The van der Waals surface area contributed by atoms with Crippen molar-refractivity contribution in [1.82, 2.24) is 9.03 Å². The van der Waals surface area contributed by atoms with Crippen molar-refractivity contribution < 1.29 is 8.42 Å². The van der Waals surface area contributed by atoms with E-state index in [2.05, 4.69) is 4.72 Å². The largest absolute Gasteiger partial charge is 0.326 e. The molecular formula is C12H21N3O2S. The van der Waals surface area contributed by atoms with Crippen molar-refractivity contribution in [3.8, 4) is 0 Å². The molecule has 102 valence electrons. The minimum absolute atomic E-state index is 0.114. The Morgan fingerprint density at radius 2 is 1.72 bits per heavy atom. The zero-order chi connectivity index (χ0) is 13.8. The van der Waals surface area contributed by atoms with E-state index in [4.69, 9.17) is 5.73 Å². The SMILES string of the molecule is CC(C)NS(=O)(=O)N(C)Cc1ccc(CN)cc1. The van der Waals surface area contributed by atoms with Crippen LogP contribution in [0.3, 0.4) is 0 Å². The molecular weight excluding hydrogens is 250 g/mol. The van der Waals surface area contributed by atoms with Crippen LogP contribution in [0.1, 0.15) is 25.0 Å². The molecule has 0 aliphatic heterocycles. The van der Waals surface area contributed by atoms with Gasteiger partial charge in [-0.25, -0.2) is 0 Å². The molecule has 0 radical (unpaired) electrons. The molecule has 0 amide bonds. The first-order valence-electron chi connectivity index (χ1n) is 5.86. The van der Waals surface area contributed by atoms with E-state index < -0.39 is 10.2 Å². The topological polar surface area (TPSA) is 75.4 Å². The van der Waals surface area contributed by atoms with Crippen molar-refractivity contribution >= 4 is 10.2 Å². The zero-order valence-electron chi connectivity index (χ0n) is 11.1. The fourth-order valence-electron chi connectivity index (χ4n) is 1.51. The fraction of sp³-hybridized carbons (Fsp3) is 0.500. The lowest BCUT2D eigenvalue weighted by atomic mass is 10.1. The highest BCUT2D eigenvalue weighted by Crippen LogP contribution is 2.08. The molecule has 0 saturated carbocycles. The van der Waals surface area contributed by atoms with E-state index in [9.17, 15) is 8.42 Å². The molecule has 0 atom stereocenters. The van der Waals surface area contributed by atoms with Crippen LogP contribution in [0, 0.1) is 0 Å². The molecule has 0 bridgehead atoms. The van der Waals surface area contributed by atoms with E-state index in [1.807, 2.05) is 24.3 Å². The summed E-state index contributed by atoms with van der Waals surface area (Å²) in [6, 6.07) is 7.49. The van der Waals surface area contributed by atoms with Gasteiger partial charge in [0.25, 0.3) is 10.2 Å². The van der Waals surface area contributed by atoms with Crippen molar-refractivity contribution in [2.24, 2.45) is 5.73 Å². The quantitative estimate of drug-likeness (QED) is 0.804. The Hall–Kier alpha value is -0.950. The van der Waals surface area contributed by atoms with Gasteiger partial charge < -0.3 is 5.73 Å². The molecule has 0 fully saturated rings. The number of nitrogens with one attached hydrogen (secondary N) is 1. The summed E-state index contributed by atoms with van der Waals surface area (Å²) in [5.41, 5.74) is 7.48. The Balaban J connectivity index is 2.71. The van der Waals surface area contributed by atoms with Crippen LogP contribution in [-0.2, 0) is 23.3 Å². The molecule has 6 heteroatoms. The van der Waals surface area contributed by atoms with Crippen LogP contribution >= 0.6 is 0 Å². The minimum Gasteiger partial charge on any atom is -0.326 e. The smallest absolute Gasteiger partial charge is 0.279 e. The highest BCUT2D eigenvalue weighted by atomic mass is 32.2. The summed E-state index contributed by atoms with van der Waals surface area (Å²) in [6.07, 6.45) is 0. The van der Waals surface area contributed by atoms with Gasteiger partial charge in [0.2, 0.25) is 0 Å². The van der Waals surface area contributed by atoms with E-state index in [1.165, 1.54) is 4.31 Å². The first-order valence-corrected chi connectivity index (χ1v) is 7.30. The first kappa shape index (κ1) is 15.1. The van der Waals surface area contributed by atoms with Gasteiger partial charge >= 0.3 is 0 Å². The van der Waals surface area contributed by atoms with Gasteiger partial charge in [-0.1, -0.05) is 24.3 Å². The van der Waals surface area contributed by atoms with Crippen molar-refractivity contribution in [2.75, 3.05) is 7.05 Å². The maximum atomic E-state index is 11.9. The number of benzene rings is 1. The zero-order valence-corrected chi connectivity index (χ0v) is 11.9. The Labute approximate surface area is 109 Å². The predicted octanol–water partition coefficient (Wildman–Crippen LogP) is 0.820. The van der Waals surface area contributed by atoms with Gasteiger partial charge in [0, 0.05) is 26.2 Å². The van der Waals surface area contributed by atoms with Gasteiger partial charge in [0.05, 0.1) is 0 Å². The number of hydrogen-bond donors (Lipinski definition) is 2. The predicted molar refractivity (Wildman–Crippen MR) is 73.0 cm³/mol. The van der Waals surface area contributed by atoms with Crippen LogP contribution in [0.25, 0.3) is 0 Å². The summed E-state index contributed by atoms with van der Waals surface area (Å²) in [7, 11) is -1.86. The first-order chi connectivity index (χ1) is 8.35. The summed E-state index contributed by atoms with van der Waals surface area (Å²) in [5, 5.41) is 0. The molecule has 0 heterocycles. The molecule has 0 unspecified atom stereocenters. The van der Waals surface area contributed by atoms with Gasteiger partial charge in [-0.3, -0.25) is 0 Å². The van der Waals surface area contributed by atoms with Gasteiger partial charge in [-0.05, 0) is 25.0 Å². The van der Waals surface area contributed by atoms with Crippen molar-refractivity contribution in [3.63, 3.8) is 0 Å². The van der Waals surface area contributed by atoms with Crippen LogP contribution < -0.4 is 10.5 Å². The van der Waals surface area contributed by atoms with Crippen molar-refractivity contribution in [2.45, 2.75) is 33.0 Å². The second kappa shape index (κ2) is 6.29. The third-order valence-electron chi connectivity index (χ3n) is 2.46. The summed E-state index contributed by atoms with van der Waals surface area (Å²) < 4.78 is 27.6. The monoisotopic (exact) mass is 271 g/mol. The van der Waals surface area contributed by atoms with Crippen LogP contribution in [-0.4, -0.2) is 25.8 Å². The van der Waals surface area contributed by atoms with Crippen molar-refractivity contribution in [3.05, 3.63) is 35.4 Å². The summed E-state index contributed by atoms with van der Waals surface area (Å²) in [6.45, 7) is 4.42. The summed E-state index contributed by atoms with van der Waals surface area (Å²) in [4.78, 5) is 0. The van der Waals surface area contributed by atoms with Gasteiger partial charge in [-0.15, -0.1) is 0 Å². The maximum absolute atomic E-state index is 11.9. The molecule has 0 aromatic heterocycles. The van der Waals surface area contributed by atoms with E-state index >= 15 is 0 Å². The third-order valence-corrected chi connectivity index (χ3v) is 4.18. The molecule has 0 spiro atoms. The molecule has 3 N–H and O–H groups in total. The van der Waals surface area contributed by atoms with Gasteiger partial charge in [-0.2, -0.15) is 17.4 Å². The number of rotatable bonds is 6. The fourth-order valence-corrected chi connectivity index (χ4v) is 2.61. The van der Waals surface area contributed by atoms with Crippen LogP contribution in [0.2, 0.25) is 0 Å². The average Bonchev–Trinajstić information content (AvgIpc) is 2.28. The number of nitrogens with two attached hydrogens (primary N) is 1. The highest BCUT2D eigenvalue weighted by molar-refractivity contribution is 7.87. The molecule has 5 nitrogen and oxygen atoms in total. The second-order valence-electron chi connectivity index (χ2n) is 4.55. The van der Waals surface area contributed by atoms with Crippen LogP contribution in [0.5, 0.6) is 0 Å².